The van der Waals surface area contributed by atoms with Gasteiger partial charge in [0.25, 0.3) is 0 Å². The van der Waals surface area contributed by atoms with Crippen molar-refractivity contribution in [3.8, 4) is 0 Å². The highest BCUT2D eigenvalue weighted by atomic mass is 16.2. The van der Waals surface area contributed by atoms with Gasteiger partial charge in [0, 0.05) is 24.7 Å². The minimum Gasteiger partial charge on any atom is -0.353 e. The van der Waals surface area contributed by atoms with Gasteiger partial charge in [-0.15, -0.1) is 0 Å². The molecule has 2 fully saturated rings. The molecule has 0 aromatic rings. The third-order valence-electron chi connectivity index (χ3n) is 5.13. The van der Waals surface area contributed by atoms with Gasteiger partial charge in [-0.2, -0.15) is 0 Å². The maximum Gasteiger partial charge on any atom is 0.225 e. The van der Waals surface area contributed by atoms with E-state index < -0.39 is 0 Å². The van der Waals surface area contributed by atoms with Gasteiger partial charge in [0.2, 0.25) is 5.91 Å². The van der Waals surface area contributed by atoms with Gasteiger partial charge in [-0.3, -0.25) is 4.79 Å². The molecule has 3 N–H and O–H groups in total. The number of rotatable bonds is 2. The van der Waals surface area contributed by atoms with Crippen LogP contribution in [0.1, 0.15) is 46.0 Å². The van der Waals surface area contributed by atoms with Gasteiger partial charge in [0.05, 0.1) is 5.92 Å². The number of carbonyl (C=O) groups excluding carboxylic acids is 1. The molecule has 110 valence electrons. The van der Waals surface area contributed by atoms with Crippen LogP contribution in [0.2, 0.25) is 0 Å². The van der Waals surface area contributed by atoms with Gasteiger partial charge in [-0.25, -0.2) is 0 Å². The lowest BCUT2D eigenvalue weighted by Gasteiger charge is -2.38. The molecule has 0 spiro atoms. The summed E-state index contributed by atoms with van der Waals surface area (Å²) in [6.07, 6.45) is 5.40. The lowest BCUT2D eigenvalue weighted by atomic mass is 9.76. The van der Waals surface area contributed by atoms with E-state index in [0.717, 1.165) is 38.6 Å². The molecule has 1 aliphatic carbocycles. The van der Waals surface area contributed by atoms with E-state index in [-0.39, 0.29) is 17.9 Å². The van der Waals surface area contributed by atoms with Crippen molar-refractivity contribution in [2.75, 3.05) is 13.6 Å². The third-order valence-corrected chi connectivity index (χ3v) is 5.13. The Hall–Kier alpha value is -0.610. The molecular formula is C15H29N3O. The number of nitrogens with two attached hydrogens (primary N) is 1. The van der Waals surface area contributed by atoms with E-state index in [2.05, 4.69) is 31.1 Å². The molecular weight excluding hydrogens is 238 g/mol. The van der Waals surface area contributed by atoms with Gasteiger partial charge in [0.15, 0.2) is 0 Å². The van der Waals surface area contributed by atoms with Crippen molar-refractivity contribution in [2.24, 2.45) is 17.6 Å². The third kappa shape index (κ3) is 3.48. The Kier molecular flexibility index (Phi) is 4.85. The normalized spacial score (nSPS) is 40.9. The summed E-state index contributed by atoms with van der Waals surface area (Å²) in [5.74, 6) is 0.637. The summed E-state index contributed by atoms with van der Waals surface area (Å²) >= 11 is 0. The van der Waals surface area contributed by atoms with Crippen LogP contribution < -0.4 is 11.1 Å². The molecule has 5 atom stereocenters. The number of hydrogen-bond acceptors (Lipinski definition) is 3. The fourth-order valence-electron chi connectivity index (χ4n) is 3.63. The van der Waals surface area contributed by atoms with E-state index in [1.165, 1.54) is 0 Å². The number of nitrogens with one attached hydrogen (secondary N) is 1. The molecule has 1 saturated carbocycles. The van der Waals surface area contributed by atoms with E-state index in [1.807, 2.05) is 0 Å². The summed E-state index contributed by atoms with van der Waals surface area (Å²) < 4.78 is 0. The predicted octanol–water partition coefficient (Wildman–Crippen LogP) is 1.35. The molecule has 0 bridgehead atoms. The molecule has 0 aromatic heterocycles. The zero-order chi connectivity index (χ0) is 14.0. The second-order valence-electron chi connectivity index (χ2n) is 6.66. The minimum atomic E-state index is 0.0173. The fraction of sp³-hybridized carbons (Fsp3) is 0.933. The number of piperidine rings is 1. The van der Waals surface area contributed by atoms with Crippen LogP contribution >= 0.6 is 0 Å². The van der Waals surface area contributed by atoms with E-state index in [9.17, 15) is 4.79 Å². The molecule has 1 saturated heterocycles. The molecule has 1 amide bonds. The topological polar surface area (TPSA) is 58.4 Å². The number of amides is 1. The minimum absolute atomic E-state index is 0.0173. The molecule has 0 radical (unpaired) electrons. The summed E-state index contributed by atoms with van der Waals surface area (Å²) in [7, 11) is 2.15. The van der Waals surface area contributed by atoms with E-state index in [1.54, 1.807) is 0 Å². The predicted molar refractivity (Wildman–Crippen MR) is 77.7 cm³/mol. The van der Waals surface area contributed by atoms with Crippen LogP contribution in [-0.4, -0.2) is 42.5 Å². The first-order valence-electron chi connectivity index (χ1n) is 7.75. The van der Waals surface area contributed by atoms with Crippen LogP contribution in [-0.2, 0) is 4.79 Å². The van der Waals surface area contributed by atoms with E-state index in [4.69, 9.17) is 5.73 Å². The van der Waals surface area contributed by atoms with Crippen molar-refractivity contribution in [3.05, 3.63) is 0 Å². The highest BCUT2D eigenvalue weighted by molar-refractivity contribution is 5.80. The van der Waals surface area contributed by atoms with Crippen molar-refractivity contribution in [1.29, 1.82) is 0 Å². The first-order chi connectivity index (χ1) is 8.99. The average Bonchev–Trinajstić information content (AvgIpc) is 2.33. The Morgan fingerprint density at radius 3 is 2.63 bits per heavy atom. The summed E-state index contributed by atoms with van der Waals surface area (Å²) in [6.45, 7) is 5.46. The van der Waals surface area contributed by atoms with Crippen molar-refractivity contribution < 1.29 is 4.79 Å². The zero-order valence-corrected chi connectivity index (χ0v) is 12.6. The Labute approximate surface area is 117 Å². The Morgan fingerprint density at radius 1 is 1.26 bits per heavy atom. The molecule has 2 rings (SSSR count). The number of carbonyl (C=O) groups is 1. The molecule has 5 unspecified atom stereocenters. The van der Waals surface area contributed by atoms with Gasteiger partial charge >= 0.3 is 0 Å². The van der Waals surface area contributed by atoms with E-state index in [0.29, 0.717) is 18.0 Å². The van der Waals surface area contributed by atoms with Gasteiger partial charge < -0.3 is 16.0 Å². The van der Waals surface area contributed by atoms with Crippen LogP contribution in [0.4, 0.5) is 0 Å². The van der Waals surface area contributed by atoms with Crippen molar-refractivity contribution in [1.82, 2.24) is 10.2 Å². The van der Waals surface area contributed by atoms with Crippen LogP contribution in [0.5, 0.6) is 0 Å². The van der Waals surface area contributed by atoms with Crippen LogP contribution in [0.25, 0.3) is 0 Å². The Morgan fingerprint density at radius 2 is 2.00 bits per heavy atom. The second kappa shape index (κ2) is 6.23. The summed E-state index contributed by atoms with van der Waals surface area (Å²) in [5.41, 5.74) is 6.16. The van der Waals surface area contributed by atoms with Crippen LogP contribution in [0, 0.1) is 11.8 Å². The standard InChI is InChI=1S/C15H29N3O/c1-10-5-4-6-13(16)14(10)15(19)17-12-7-8-18(3)11(2)9-12/h10-14H,4-9,16H2,1-3H3,(H,17,19). The van der Waals surface area contributed by atoms with Crippen molar-refractivity contribution >= 4 is 5.91 Å². The lowest BCUT2D eigenvalue weighted by Crippen LogP contribution is -2.53. The number of hydrogen-bond donors (Lipinski definition) is 2. The van der Waals surface area contributed by atoms with Gasteiger partial charge in [-0.1, -0.05) is 13.3 Å². The van der Waals surface area contributed by atoms with Crippen molar-refractivity contribution in [2.45, 2.75) is 64.1 Å². The highest BCUT2D eigenvalue weighted by Crippen LogP contribution is 2.29. The summed E-state index contributed by atoms with van der Waals surface area (Å²) in [5, 5.41) is 3.25. The Balaban J connectivity index is 1.89. The summed E-state index contributed by atoms with van der Waals surface area (Å²) in [4.78, 5) is 14.8. The molecule has 1 aliphatic heterocycles. The molecule has 19 heavy (non-hydrogen) atoms. The maximum atomic E-state index is 12.5. The smallest absolute Gasteiger partial charge is 0.225 e. The molecule has 1 heterocycles. The maximum absolute atomic E-state index is 12.5. The first-order valence-corrected chi connectivity index (χ1v) is 7.75. The summed E-state index contributed by atoms with van der Waals surface area (Å²) in [6, 6.07) is 0.934. The fourth-order valence-corrected chi connectivity index (χ4v) is 3.63. The van der Waals surface area contributed by atoms with Gasteiger partial charge in [0.1, 0.15) is 0 Å². The lowest BCUT2D eigenvalue weighted by molar-refractivity contribution is -0.129. The highest BCUT2D eigenvalue weighted by Gasteiger charge is 2.35. The van der Waals surface area contributed by atoms with E-state index >= 15 is 0 Å². The van der Waals surface area contributed by atoms with Crippen molar-refractivity contribution in [3.63, 3.8) is 0 Å². The van der Waals surface area contributed by atoms with Gasteiger partial charge in [-0.05, 0) is 45.6 Å². The molecule has 4 nitrogen and oxygen atoms in total. The number of nitrogens with zero attached hydrogens (tertiary/aromatic N) is 1. The monoisotopic (exact) mass is 267 g/mol. The number of likely N-dealkylation sites (tertiary alicyclic amines) is 1. The average molecular weight is 267 g/mol. The Bertz CT molecular complexity index is 311. The molecule has 0 aromatic carbocycles. The second-order valence-corrected chi connectivity index (χ2v) is 6.66. The van der Waals surface area contributed by atoms with Crippen LogP contribution in [0.3, 0.4) is 0 Å². The molecule has 4 heteroatoms. The van der Waals surface area contributed by atoms with Crippen LogP contribution in [0.15, 0.2) is 0 Å². The largest absolute Gasteiger partial charge is 0.353 e. The quantitative estimate of drug-likeness (QED) is 0.794. The SMILES string of the molecule is CC1CCCC(N)C1C(=O)NC1CCN(C)C(C)C1. The molecule has 2 aliphatic rings. The zero-order valence-electron chi connectivity index (χ0n) is 12.6. The first kappa shape index (κ1) is 14.8.